The summed E-state index contributed by atoms with van der Waals surface area (Å²) in [6.07, 6.45) is 1.92. The van der Waals surface area contributed by atoms with Crippen LogP contribution in [0, 0.1) is 5.92 Å². The Morgan fingerprint density at radius 2 is 1.81 bits per heavy atom. The van der Waals surface area contributed by atoms with Gasteiger partial charge in [-0.05, 0) is 36.1 Å². The molecule has 3 rings (SSSR count). The summed E-state index contributed by atoms with van der Waals surface area (Å²) in [4.78, 5) is 15.2. The monoisotopic (exact) mass is 368 g/mol. The lowest BCUT2D eigenvalue weighted by molar-refractivity contribution is -0.136. The Bertz CT molecular complexity index is 778. The minimum absolute atomic E-state index is 0.0442. The van der Waals surface area contributed by atoms with Gasteiger partial charge >= 0.3 is 0 Å². The molecule has 3 unspecified atom stereocenters. The molecule has 1 fully saturated rings. The van der Waals surface area contributed by atoms with Crippen LogP contribution in [-0.2, 0) is 4.79 Å². The topological polar surface area (TPSA) is 64.8 Å². The molecule has 1 amide bonds. The van der Waals surface area contributed by atoms with Gasteiger partial charge < -0.3 is 20.1 Å². The highest BCUT2D eigenvalue weighted by Crippen LogP contribution is 2.38. The molecule has 1 aliphatic heterocycles. The number of rotatable bonds is 6. The summed E-state index contributed by atoms with van der Waals surface area (Å²) >= 11 is 0. The van der Waals surface area contributed by atoms with E-state index in [1.165, 1.54) is 0 Å². The molecule has 2 aromatic rings. The molecule has 1 heterocycles. The zero-order chi connectivity index (χ0) is 19.4. The molecule has 0 aromatic heterocycles. The molecule has 0 radical (unpaired) electrons. The van der Waals surface area contributed by atoms with E-state index in [0.29, 0.717) is 11.5 Å². The summed E-state index contributed by atoms with van der Waals surface area (Å²) in [5, 5.41) is 0. The first-order chi connectivity index (χ1) is 13.1. The van der Waals surface area contributed by atoms with Crippen LogP contribution in [0.15, 0.2) is 48.5 Å². The summed E-state index contributed by atoms with van der Waals surface area (Å²) in [6, 6.07) is 15.4. The van der Waals surface area contributed by atoms with Crippen molar-refractivity contribution in [2.24, 2.45) is 11.7 Å². The normalized spacial score (nSPS) is 18.8. The molecule has 27 heavy (non-hydrogen) atoms. The first-order valence-electron chi connectivity index (χ1n) is 9.39. The minimum atomic E-state index is -0.314. The maximum Gasteiger partial charge on any atom is 0.227 e. The highest BCUT2D eigenvalue weighted by molar-refractivity contribution is 5.80. The fraction of sp³-hybridized carbons (Fsp3) is 0.409. The van der Waals surface area contributed by atoms with E-state index in [9.17, 15) is 4.79 Å². The number of hydrogen-bond donors (Lipinski definition) is 1. The number of ether oxygens (including phenoxy) is 2. The number of methoxy groups -OCH3 is 2. The van der Waals surface area contributed by atoms with Crippen molar-refractivity contribution in [3.05, 3.63) is 59.7 Å². The van der Waals surface area contributed by atoms with Gasteiger partial charge in [0.1, 0.15) is 0 Å². The molecule has 1 saturated heterocycles. The van der Waals surface area contributed by atoms with Crippen LogP contribution >= 0.6 is 0 Å². The number of benzene rings is 2. The SMILES string of the molecule is COc1ccc(C2CCCN2C(=O)C(C)C(N)c2ccccc2)cc1OC. The van der Waals surface area contributed by atoms with Gasteiger partial charge in [-0.3, -0.25) is 4.79 Å². The summed E-state index contributed by atoms with van der Waals surface area (Å²) in [5.41, 5.74) is 8.45. The number of carbonyl (C=O) groups is 1. The zero-order valence-corrected chi connectivity index (χ0v) is 16.2. The standard InChI is InChI=1S/C22H28N2O3/c1-15(21(23)16-8-5-4-6-9-16)22(25)24-13-7-10-18(24)17-11-12-19(26-2)20(14-17)27-3/h4-6,8-9,11-12,14-15,18,21H,7,10,13,23H2,1-3H3. The van der Waals surface area contributed by atoms with E-state index >= 15 is 0 Å². The molecular weight excluding hydrogens is 340 g/mol. The summed E-state index contributed by atoms with van der Waals surface area (Å²) in [7, 11) is 3.25. The lowest BCUT2D eigenvalue weighted by Gasteiger charge is -2.30. The van der Waals surface area contributed by atoms with Crippen LogP contribution in [0.1, 0.15) is 43.0 Å². The minimum Gasteiger partial charge on any atom is -0.493 e. The Hall–Kier alpha value is -2.53. The molecule has 1 aliphatic rings. The van der Waals surface area contributed by atoms with Crippen LogP contribution in [0.2, 0.25) is 0 Å². The van der Waals surface area contributed by atoms with Crippen LogP contribution < -0.4 is 15.2 Å². The van der Waals surface area contributed by atoms with E-state index < -0.39 is 0 Å². The third-order valence-electron chi connectivity index (χ3n) is 5.44. The number of nitrogens with zero attached hydrogens (tertiary/aromatic N) is 1. The molecular formula is C22H28N2O3. The Balaban J connectivity index is 1.80. The van der Waals surface area contributed by atoms with Crippen molar-refractivity contribution in [2.45, 2.75) is 31.8 Å². The van der Waals surface area contributed by atoms with Crippen molar-refractivity contribution >= 4 is 5.91 Å². The third-order valence-corrected chi connectivity index (χ3v) is 5.44. The van der Waals surface area contributed by atoms with Gasteiger partial charge in [-0.1, -0.05) is 43.3 Å². The Labute approximate surface area is 161 Å². The van der Waals surface area contributed by atoms with Crippen molar-refractivity contribution < 1.29 is 14.3 Å². The molecule has 5 heteroatoms. The fourth-order valence-electron chi connectivity index (χ4n) is 3.82. The maximum atomic E-state index is 13.2. The lowest BCUT2D eigenvalue weighted by Crippen LogP contribution is -2.39. The van der Waals surface area contributed by atoms with E-state index in [1.807, 2.05) is 60.4 Å². The van der Waals surface area contributed by atoms with E-state index in [4.69, 9.17) is 15.2 Å². The van der Waals surface area contributed by atoms with Gasteiger partial charge in [0.25, 0.3) is 0 Å². The van der Waals surface area contributed by atoms with Crippen molar-refractivity contribution in [1.29, 1.82) is 0 Å². The van der Waals surface area contributed by atoms with Crippen LogP contribution in [0.25, 0.3) is 0 Å². The highest BCUT2D eigenvalue weighted by Gasteiger charge is 2.35. The molecule has 2 N–H and O–H groups in total. The van der Waals surface area contributed by atoms with Crippen LogP contribution in [0.4, 0.5) is 0 Å². The molecule has 3 atom stereocenters. The fourth-order valence-corrected chi connectivity index (χ4v) is 3.82. The Kier molecular flexibility index (Phi) is 6.01. The third kappa shape index (κ3) is 3.93. The summed E-state index contributed by atoms with van der Waals surface area (Å²) in [6.45, 7) is 2.67. The number of likely N-dealkylation sites (tertiary alicyclic amines) is 1. The maximum absolute atomic E-state index is 13.2. The Morgan fingerprint density at radius 1 is 1.11 bits per heavy atom. The van der Waals surface area contributed by atoms with Crippen molar-refractivity contribution in [3.8, 4) is 11.5 Å². The van der Waals surface area contributed by atoms with E-state index in [0.717, 1.165) is 30.5 Å². The largest absolute Gasteiger partial charge is 0.493 e. The van der Waals surface area contributed by atoms with Gasteiger partial charge in [0.2, 0.25) is 5.91 Å². The first kappa shape index (κ1) is 19.2. The van der Waals surface area contributed by atoms with Gasteiger partial charge in [0, 0.05) is 12.6 Å². The Morgan fingerprint density at radius 3 is 2.48 bits per heavy atom. The van der Waals surface area contributed by atoms with Gasteiger partial charge in [-0.25, -0.2) is 0 Å². The van der Waals surface area contributed by atoms with E-state index in [2.05, 4.69) is 0 Å². The van der Waals surface area contributed by atoms with Crippen molar-refractivity contribution in [2.75, 3.05) is 20.8 Å². The second kappa shape index (κ2) is 8.44. The zero-order valence-electron chi connectivity index (χ0n) is 16.2. The van der Waals surface area contributed by atoms with E-state index in [-0.39, 0.29) is 23.9 Å². The molecule has 2 aromatic carbocycles. The molecule has 144 valence electrons. The smallest absolute Gasteiger partial charge is 0.227 e. The summed E-state index contributed by atoms with van der Waals surface area (Å²) < 4.78 is 10.8. The predicted molar refractivity (Wildman–Crippen MR) is 106 cm³/mol. The average Bonchev–Trinajstić information content (AvgIpc) is 3.22. The van der Waals surface area contributed by atoms with Crippen molar-refractivity contribution in [3.63, 3.8) is 0 Å². The molecule has 0 spiro atoms. The quantitative estimate of drug-likeness (QED) is 0.844. The second-order valence-electron chi connectivity index (χ2n) is 7.03. The van der Waals surface area contributed by atoms with Crippen molar-refractivity contribution in [1.82, 2.24) is 4.90 Å². The summed E-state index contributed by atoms with van der Waals surface area (Å²) in [5.74, 6) is 1.19. The number of amides is 1. The van der Waals surface area contributed by atoms with E-state index in [1.54, 1.807) is 14.2 Å². The van der Waals surface area contributed by atoms with Crippen LogP contribution in [-0.4, -0.2) is 31.6 Å². The lowest BCUT2D eigenvalue weighted by atomic mass is 9.93. The number of hydrogen-bond acceptors (Lipinski definition) is 4. The van der Waals surface area contributed by atoms with Gasteiger partial charge in [0.15, 0.2) is 11.5 Å². The molecule has 0 aliphatic carbocycles. The van der Waals surface area contributed by atoms with Gasteiger partial charge in [0.05, 0.1) is 26.2 Å². The predicted octanol–water partition coefficient (Wildman–Crippen LogP) is 3.70. The van der Waals surface area contributed by atoms with Gasteiger partial charge in [-0.15, -0.1) is 0 Å². The molecule has 5 nitrogen and oxygen atoms in total. The first-order valence-corrected chi connectivity index (χ1v) is 9.39. The number of nitrogens with two attached hydrogens (primary N) is 1. The molecule has 0 saturated carbocycles. The molecule has 0 bridgehead atoms. The van der Waals surface area contributed by atoms with Gasteiger partial charge in [-0.2, -0.15) is 0 Å². The number of carbonyl (C=O) groups excluding carboxylic acids is 1. The highest BCUT2D eigenvalue weighted by atomic mass is 16.5. The second-order valence-corrected chi connectivity index (χ2v) is 7.03. The van der Waals surface area contributed by atoms with Crippen LogP contribution in [0.5, 0.6) is 11.5 Å². The average molecular weight is 368 g/mol. The van der Waals surface area contributed by atoms with Crippen LogP contribution in [0.3, 0.4) is 0 Å².